The third kappa shape index (κ3) is 3.18. The summed E-state index contributed by atoms with van der Waals surface area (Å²) in [5.74, 6) is 6.55. The number of para-hydroxylation sites is 1. The van der Waals surface area contributed by atoms with Gasteiger partial charge in [-0.15, -0.1) is 10.2 Å². The van der Waals surface area contributed by atoms with Gasteiger partial charge >= 0.3 is 0 Å². The number of halogens is 2. The largest absolute Gasteiger partial charge is 0.490 e. The lowest BCUT2D eigenvalue weighted by Gasteiger charge is -2.25. The van der Waals surface area contributed by atoms with Gasteiger partial charge in [-0.3, -0.25) is 4.40 Å². The highest BCUT2D eigenvalue weighted by Crippen LogP contribution is 2.45. The lowest BCUT2D eigenvalue weighted by atomic mass is 10.1. The summed E-state index contributed by atoms with van der Waals surface area (Å²) in [6, 6.07) is 8.38. The fourth-order valence-corrected chi connectivity index (χ4v) is 4.25. The van der Waals surface area contributed by atoms with Crippen molar-refractivity contribution in [3.05, 3.63) is 53.4 Å². The highest BCUT2D eigenvalue weighted by atomic mass is 19.2. The Labute approximate surface area is 189 Å². The van der Waals surface area contributed by atoms with Crippen molar-refractivity contribution in [3.8, 4) is 17.6 Å². The molecule has 8 heteroatoms. The Hall–Kier alpha value is -3.73. The molecule has 0 atom stereocenters. The van der Waals surface area contributed by atoms with E-state index in [4.69, 9.17) is 4.74 Å². The van der Waals surface area contributed by atoms with E-state index < -0.39 is 11.6 Å². The van der Waals surface area contributed by atoms with Crippen molar-refractivity contribution >= 4 is 28.2 Å². The molecule has 0 saturated heterocycles. The van der Waals surface area contributed by atoms with Crippen molar-refractivity contribution in [3.63, 3.8) is 0 Å². The lowest BCUT2D eigenvalue weighted by molar-refractivity contribution is 0.322. The molecule has 0 amide bonds. The number of aromatic nitrogens is 4. The van der Waals surface area contributed by atoms with Crippen LogP contribution in [0.5, 0.6) is 5.75 Å². The molecule has 1 fully saturated rings. The van der Waals surface area contributed by atoms with E-state index in [1.165, 1.54) is 6.07 Å². The van der Waals surface area contributed by atoms with Crippen LogP contribution in [0.25, 0.3) is 16.7 Å². The molecule has 3 heterocycles. The van der Waals surface area contributed by atoms with Crippen molar-refractivity contribution in [2.24, 2.45) is 5.41 Å². The van der Waals surface area contributed by atoms with E-state index in [0.717, 1.165) is 30.2 Å². The summed E-state index contributed by atoms with van der Waals surface area (Å²) in [6.45, 7) is 4.91. The van der Waals surface area contributed by atoms with Crippen LogP contribution in [0.2, 0.25) is 0 Å². The zero-order chi connectivity index (χ0) is 22.7. The van der Waals surface area contributed by atoms with E-state index in [9.17, 15) is 4.39 Å². The molecule has 6 rings (SSSR count). The number of ether oxygens (including phenoxy) is 1. The van der Waals surface area contributed by atoms with Crippen molar-refractivity contribution < 1.29 is 13.5 Å². The summed E-state index contributed by atoms with van der Waals surface area (Å²) in [4.78, 5) is 6.51. The Morgan fingerprint density at radius 1 is 1.12 bits per heavy atom. The molecule has 1 saturated carbocycles. The van der Waals surface area contributed by atoms with Gasteiger partial charge < -0.3 is 9.64 Å². The van der Waals surface area contributed by atoms with Gasteiger partial charge in [-0.05, 0) is 57.4 Å². The predicted molar refractivity (Wildman–Crippen MR) is 121 cm³/mol. The van der Waals surface area contributed by atoms with Gasteiger partial charge in [0.15, 0.2) is 17.4 Å². The number of hydrogen-bond acceptors (Lipinski definition) is 5. The molecule has 166 valence electrons. The predicted octanol–water partition coefficient (Wildman–Crippen LogP) is 4.94. The third-order valence-electron chi connectivity index (χ3n) is 6.36. The highest BCUT2D eigenvalue weighted by Gasteiger charge is 2.35. The maximum atomic E-state index is 15.2. The first-order valence-corrected chi connectivity index (χ1v) is 11.0. The molecule has 1 aliphatic carbocycles. The minimum atomic E-state index is -0.950. The fourth-order valence-electron chi connectivity index (χ4n) is 4.25. The smallest absolute Gasteiger partial charge is 0.257 e. The molecular formula is C25H21F2N5O. The van der Waals surface area contributed by atoms with Gasteiger partial charge in [-0.2, -0.15) is 4.98 Å². The summed E-state index contributed by atoms with van der Waals surface area (Å²) < 4.78 is 37.4. The van der Waals surface area contributed by atoms with Crippen LogP contribution < -0.4 is 9.64 Å². The molecule has 2 aromatic carbocycles. The van der Waals surface area contributed by atoms with Crippen molar-refractivity contribution in [1.82, 2.24) is 19.6 Å². The summed E-state index contributed by atoms with van der Waals surface area (Å²) in [5, 5.41) is 8.31. The van der Waals surface area contributed by atoms with Gasteiger partial charge in [0.1, 0.15) is 11.6 Å². The van der Waals surface area contributed by atoms with E-state index in [1.807, 2.05) is 23.1 Å². The van der Waals surface area contributed by atoms with Gasteiger partial charge in [0, 0.05) is 12.0 Å². The molecule has 0 N–H and O–H groups in total. The summed E-state index contributed by atoms with van der Waals surface area (Å²) in [6.07, 6.45) is 2.87. The summed E-state index contributed by atoms with van der Waals surface area (Å²) in [7, 11) is 0. The SMILES string of the molecule is Cc1nnc2nc(N3CCCOc4c(C#CC5(C)CC5)cccc43)c3c(F)c(F)ccc3n12. The van der Waals surface area contributed by atoms with E-state index >= 15 is 4.39 Å². The Morgan fingerprint density at radius 3 is 2.79 bits per heavy atom. The monoisotopic (exact) mass is 445 g/mol. The van der Waals surface area contributed by atoms with Crippen LogP contribution in [0, 0.1) is 35.8 Å². The molecule has 0 unspecified atom stereocenters. The second-order valence-electron chi connectivity index (χ2n) is 8.89. The van der Waals surface area contributed by atoms with Gasteiger partial charge in [0.05, 0.1) is 28.8 Å². The van der Waals surface area contributed by atoms with Gasteiger partial charge in [-0.25, -0.2) is 8.78 Å². The third-order valence-corrected chi connectivity index (χ3v) is 6.36. The molecule has 1 aliphatic heterocycles. The summed E-state index contributed by atoms with van der Waals surface area (Å²) >= 11 is 0. The van der Waals surface area contributed by atoms with E-state index in [1.54, 1.807) is 11.3 Å². The molecule has 6 nitrogen and oxygen atoms in total. The number of aryl methyl sites for hydroxylation is 1. The number of benzene rings is 2. The van der Waals surface area contributed by atoms with Crippen LogP contribution in [0.4, 0.5) is 20.3 Å². The average molecular weight is 445 g/mol. The molecule has 2 aliphatic rings. The first-order chi connectivity index (χ1) is 16.0. The number of fused-ring (bicyclic) bond motifs is 4. The van der Waals surface area contributed by atoms with E-state index in [0.29, 0.717) is 42.4 Å². The first kappa shape index (κ1) is 19.9. The highest BCUT2D eigenvalue weighted by molar-refractivity contribution is 5.95. The fraction of sp³-hybridized carbons (Fsp3) is 0.320. The molecule has 2 aromatic heterocycles. The Kier molecular flexibility index (Phi) is 4.31. The maximum Gasteiger partial charge on any atom is 0.257 e. The Morgan fingerprint density at radius 2 is 1.97 bits per heavy atom. The molecule has 0 spiro atoms. The zero-order valence-electron chi connectivity index (χ0n) is 18.3. The molecule has 0 radical (unpaired) electrons. The second kappa shape index (κ2) is 7.14. The van der Waals surface area contributed by atoms with Crippen molar-refractivity contribution in [2.75, 3.05) is 18.1 Å². The first-order valence-electron chi connectivity index (χ1n) is 11.0. The topological polar surface area (TPSA) is 55.5 Å². The van der Waals surface area contributed by atoms with Crippen LogP contribution in [-0.2, 0) is 0 Å². The van der Waals surface area contributed by atoms with E-state index in [2.05, 4.69) is 33.9 Å². The van der Waals surface area contributed by atoms with Crippen LogP contribution in [0.15, 0.2) is 30.3 Å². The standard InChI is InChI=1S/C25H21F2N5O/c1-15-29-30-24-28-23(20-18(32(15)24)8-7-17(26)21(20)27)31-13-4-14-33-22-16(5-3-6-19(22)31)9-10-25(2)11-12-25/h3,5-8H,4,11-14H2,1-2H3. The van der Waals surface area contributed by atoms with Crippen molar-refractivity contribution in [2.45, 2.75) is 33.1 Å². The minimum Gasteiger partial charge on any atom is -0.490 e. The van der Waals surface area contributed by atoms with Gasteiger partial charge in [0.2, 0.25) is 0 Å². The number of hydrogen-bond donors (Lipinski definition) is 0. The number of rotatable bonds is 1. The summed E-state index contributed by atoms with van der Waals surface area (Å²) in [5.41, 5.74) is 2.03. The van der Waals surface area contributed by atoms with Crippen LogP contribution in [-0.4, -0.2) is 32.7 Å². The zero-order valence-corrected chi connectivity index (χ0v) is 18.3. The number of nitrogens with zero attached hydrogens (tertiary/aromatic N) is 5. The lowest BCUT2D eigenvalue weighted by Crippen LogP contribution is -2.20. The second-order valence-corrected chi connectivity index (χ2v) is 8.89. The molecule has 0 bridgehead atoms. The van der Waals surface area contributed by atoms with Crippen LogP contribution in [0.3, 0.4) is 0 Å². The number of anilines is 2. The quantitative estimate of drug-likeness (QED) is 0.389. The van der Waals surface area contributed by atoms with Crippen molar-refractivity contribution in [1.29, 1.82) is 0 Å². The Bertz CT molecular complexity index is 1500. The van der Waals surface area contributed by atoms with Gasteiger partial charge in [-0.1, -0.05) is 17.9 Å². The Balaban J connectivity index is 1.61. The molecule has 4 aromatic rings. The minimum absolute atomic E-state index is 0.0716. The van der Waals surface area contributed by atoms with Gasteiger partial charge in [0.25, 0.3) is 5.78 Å². The van der Waals surface area contributed by atoms with Crippen LogP contribution in [0.1, 0.15) is 37.6 Å². The molecule has 33 heavy (non-hydrogen) atoms. The average Bonchev–Trinajstić information content (AvgIpc) is 3.50. The van der Waals surface area contributed by atoms with Crippen LogP contribution >= 0.6 is 0 Å². The van der Waals surface area contributed by atoms with E-state index in [-0.39, 0.29) is 16.6 Å². The molecular weight excluding hydrogens is 424 g/mol. The normalized spacial score (nSPS) is 16.7. The maximum absolute atomic E-state index is 15.2.